The molecule has 0 spiro atoms. The molecule has 3 rings (SSSR count). The molecule has 2 aliphatic heterocycles. The molecule has 0 aromatic carbocycles. The zero-order chi connectivity index (χ0) is 18.2. The van der Waals surface area contributed by atoms with Gasteiger partial charge in [0, 0.05) is 31.9 Å². The number of piperidine rings is 1. The van der Waals surface area contributed by atoms with Gasteiger partial charge in [-0.25, -0.2) is 0 Å². The second kappa shape index (κ2) is 6.95. The Morgan fingerprint density at radius 3 is 2.56 bits per heavy atom. The van der Waals surface area contributed by atoms with Crippen LogP contribution in [0.15, 0.2) is 12.3 Å². The van der Waals surface area contributed by atoms with Crippen LogP contribution in [0, 0.1) is 5.92 Å². The molecule has 0 aliphatic carbocycles. The molecule has 1 aromatic heterocycles. The van der Waals surface area contributed by atoms with Crippen LogP contribution in [-0.2, 0) is 15.7 Å². The van der Waals surface area contributed by atoms with Crippen LogP contribution in [0.5, 0.6) is 0 Å². The molecule has 25 heavy (non-hydrogen) atoms. The van der Waals surface area contributed by atoms with E-state index in [1.165, 1.54) is 6.20 Å². The van der Waals surface area contributed by atoms with Crippen LogP contribution in [-0.4, -0.2) is 52.4 Å². The van der Waals surface area contributed by atoms with Gasteiger partial charge < -0.3 is 15.4 Å². The molecule has 140 valence electrons. The average Bonchev–Trinajstić information content (AvgIpc) is 3.22. The highest BCUT2D eigenvalue weighted by Gasteiger charge is 2.37. The predicted octanol–water partition coefficient (Wildman–Crippen LogP) is 1.82. The van der Waals surface area contributed by atoms with Gasteiger partial charge in [-0.1, -0.05) is 0 Å². The molecule has 3 atom stereocenters. The molecule has 1 aromatic rings. The summed E-state index contributed by atoms with van der Waals surface area (Å²) in [6.45, 7) is 3.38. The summed E-state index contributed by atoms with van der Waals surface area (Å²) in [5.41, 5.74) is 5.07. The van der Waals surface area contributed by atoms with Crippen LogP contribution in [0.2, 0.25) is 0 Å². The minimum Gasteiger partial charge on any atom is -0.376 e. The van der Waals surface area contributed by atoms with Crippen molar-refractivity contribution in [2.45, 2.75) is 50.6 Å². The molecule has 3 heterocycles. The number of likely N-dealkylation sites (tertiary alicyclic amines) is 1. The highest BCUT2D eigenvalue weighted by atomic mass is 19.4. The molecular formula is C16H23F3N4O2. The molecule has 1 amide bonds. The van der Waals surface area contributed by atoms with Gasteiger partial charge in [-0.2, -0.15) is 18.3 Å². The van der Waals surface area contributed by atoms with E-state index in [9.17, 15) is 18.0 Å². The van der Waals surface area contributed by atoms with Gasteiger partial charge >= 0.3 is 6.18 Å². The number of aromatic nitrogens is 2. The summed E-state index contributed by atoms with van der Waals surface area (Å²) < 4.78 is 44.7. The maximum atomic E-state index is 12.6. The fourth-order valence-corrected chi connectivity index (χ4v) is 3.64. The third kappa shape index (κ3) is 3.82. The average molecular weight is 360 g/mol. The summed E-state index contributed by atoms with van der Waals surface area (Å²) in [6, 6.07) is 0.170. The van der Waals surface area contributed by atoms with Crippen molar-refractivity contribution >= 4 is 5.91 Å². The van der Waals surface area contributed by atoms with Crippen molar-refractivity contribution in [3.05, 3.63) is 18.0 Å². The van der Waals surface area contributed by atoms with E-state index < -0.39 is 17.9 Å². The Morgan fingerprint density at radius 1 is 1.36 bits per heavy atom. The van der Waals surface area contributed by atoms with Crippen molar-refractivity contribution in [1.82, 2.24) is 14.7 Å². The smallest absolute Gasteiger partial charge is 0.376 e. The summed E-state index contributed by atoms with van der Waals surface area (Å²) in [5, 5.41) is 3.49. The summed E-state index contributed by atoms with van der Waals surface area (Å²) in [7, 11) is 0. The molecule has 0 bridgehead atoms. The fourth-order valence-electron chi connectivity index (χ4n) is 3.64. The van der Waals surface area contributed by atoms with Gasteiger partial charge in [0.25, 0.3) is 0 Å². The molecular weight excluding hydrogens is 337 g/mol. The van der Waals surface area contributed by atoms with Gasteiger partial charge in [0.2, 0.25) is 5.91 Å². The number of alkyl halides is 3. The third-order valence-electron chi connectivity index (χ3n) is 5.15. The highest BCUT2D eigenvalue weighted by Crippen LogP contribution is 2.30. The Hall–Kier alpha value is -1.61. The first kappa shape index (κ1) is 18.2. The zero-order valence-corrected chi connectivity index (χ0v) is 14.1. The van der Waals surface area contributed by atoms with Gasteiger partial charge in [0.1, 0.15) is 6.04 Å². The van der Waals surface area contributed by atoms with E-state index >= 15 is 0 Å². The third-order valence-corrected chi connectivity index (χ3v) is 5.15. The Balaban J connectivity index is 1.57. The molecule has 2 fully saturated rings. The van der Waals surface area contributed by atoms with E-state index in [0.717, 1.165) is 30.0 Å². The lowest BCUT2D eigenvalue weighted by Gasteiger charge is -2.36. The van der Waals surface area contributed by atoms with Crippen LogP contribution in [0.4, 0.5) is 13.2 Å². The fraction of sp³-hybridized carbons (Fsp3) is 0.750. The van der Waals surface area contributed by atoms with Gasteiger partial charge in [0.05, 0.1) is 6.10 Å². The Kier molecular flexibility index (Phi) is 5.06. The van der Waals surface area contributed by atoms with Crippen LogP contribution < -0.4 is 5.73 Å². The second-order valence-corrected chi connectivity index (χ2v) is 6.81. The molecule has 2 saturated heterocycles. The number of rotatable bonds is 3. The van der Waals surface area contributed by atoms with Gasteiger partial charge in [0.15, 0.2) is 5.69 Å². The van der Waals surface area contributed by atoms with Crippen molar-refractivity contribution in [3.8, 4) is 0 Å². The first-order valence-electron chi connectivity index (χ1n) is 8.55. The van der Waals surface area contributed by atoms with Crippen molar-refractivity contribution in [3.63, 3.8) is 0 Å². The van der Waals surface area contributed by atoms with E-state index in [1.54, 1.807) is 11.8 Å². The number of amides is 1. The number of nitrogens with two attached hydrogens (primary N) is 1. The molecule has 1 unspecified atom stereocenters. The van der Waals surface area contributed by atoms with Crippen LogP contribution in [0.3, 0.4) is 0 Å². The summed E-state index contributed by atoms with van der Waals surface area (Å²) in [6.07, 6.45) is -0.805. The maximum absolute atomic E-state index is 12.6. The lowest BCUT2D eigenvalue weighted by atomic mass is 9.87. The van der Waals surface area contributed by atoms with Crippen molar-refractivity contribution in [1.29, 1.82) is 0 Å². The Bertz CT molecular complexity index is 611. The number of carbonyl (C=O) groups is 1. The van der Waals surface area contributed by atoms with E-state index in [0.29, 0.717) is 25.6 Å². The molecule has 6 nitrogen and oxygen atoms in total. The molecule has 2 aliphatic rings. The Labute approximate surface area is 144 Å². The molecule has 0 radical (unpaired) electrons. The largest absolute Gasteiger partial charge is 0.435 e. The van der Waals surface area contributed by atoms with Gasteiger partial charge in [-0.3, -0.25) is 9.48 Å². The minimum atomic E-state index is -4.51. The van der Waals surface area contributed by atoms with Crippen LogP contribution in [0.1, 0.15) is 37.9 Å². The van der Waals surface area contributed by atoms with Gasteiger partial charge in [-0.05, 0) is 38.2 Å². The van der Waals surface area contributed by atoms with E-state index in [4.69, 9.17) is 10.5 Å². The number of halogens is 3. The van der Waals surface area contributed by atoms with E-state index in [2.05, 4.69) is 5.10 Å². The molecule has 9 heteroatoms. The number of nitrogens with zero attached hydrogens (tertiary/aromatic N) is 3. The first-order valence-corrected chi connectivity index (χ1v) is 8.55. The number of carbonyl (C=O) groups excluding carboxylic acids is 1. The van der Waals surface area contributed by atoms with Crippen LogP contribution >= 0.6 is 0 Å². The quantitative estimate of drug-likeness (QED) is 0.892. The number of hydrogen-bond donors (Lipinski definition) is 1. The first-order chi connectivity index (χ1) is 11.8. The zero-order valence-electron chi connectivity index (χ0n) is 14.1. The van der Waals surface area contributed by atoms with Crippen molar-refractivity contribution < 1.29 is 22.7 Å². The summed E-state index contributed by atoms with van der Waals surface area (Å²) in [5.74, 6) is 0.116. The lowest BCUT2D eigenvalue weighted by Crippen LogP contribution is -2.46. The minimum absolute atomic E-state index is 0.0511. The monoisotopic (exact) mass is 360 g/mol. The maximum Gasteiger partial charge on any atom is 0.435 e. The van der Waals surface area contributed by atoms with E-state index in [-0.39, 0.29) is 18.1 Å². The summed E-state index contributed by atoms with van der Waals surface area (Å²) >= 11 is 0. The molecule has 0 saturated carbocycles. The van der Waals surface area contributed by atoms with Crippen molar-refractivity contribution in [2.75, 3.05) is 19.7 Å². The normalized spacial score (nSPS) is 26.8. The lowest BCUT2D eigenvalue weighted by molar-refractivity contribution is -0.143. The van der Waals surface area contributed by atoms with Crippen LogP contribution in [0.25, 0.3) is 0 Å². The topological polar surface area (TPSA) is 73.4 Å². The number of ether oxygens (including phenoxy) is 1. The summed E-state index contributed by atoms with van der Waals surface area (Å²) in [4.78, 5) is 14.3. The highest BCUT2D eigenvalue weighted by molar-refractivity contribution is 5.80. The second-order valence-electron chi connectivity index (χ2n) is 6.81. The Morgan fingerprint density at radius 2 is 2.04 bits per heavy atom. The predicted molar refractivity (Wildman–Crippen MR) is 83.6 cm³/mol. The standard InChI is InChI=1S/C16H23F3N4O2/c1-10(23-8-4-13(21-23)16(17,18)19)15(24)22-6-2-11(3-7-22)14-12(20)5-9-25-14/h4,8,10-12,14H,2-3,5-7,9,20H2,1H3/t10?,12-,14+/m1/s1. The van der Waals surface area contributed by atoms with Gasteiger partial charge in [-0.15, -0.1) is 0 Å². The van der Waals surface area contributed by atoms with E-state index in [1.807, 2.05) is 0 Å². The van der Waals surface area contributed by atoms with Crippen molar-refractivity contribution in [2.24, 2.45) is 11.7 Å². The molecule has 2 N–H and O–H groups in total. The SMILES string of the molecule is CC(C(=O)N1CCC([C@@H]2OCC[C@H]2N)CC1)n1ccc(C(F)(F)F)n1. The number of hydrogen-bond acceptors (Lipinski definition) is 4.